The smallest absolute Gasteiger partial charge is 0.142 e. The van der Waals surface area contributed by atoms with Gasteiger partial charge in [-0.15, -0.1) is 0 Å². The van der Waals surface area contributed by atoms with Crippen LogP contribution in [0.25, 0.3) is 33.5 Å². The number of benzene rings is 3. The highest BCUT2D eigenvalue weighted by molar-refractivity contribution is 6.35. The van der Waals surface area contributed by atoms with Crippen LogP contribution in [0.3, 0.4) is 0 Å². The van der Waals surface area contributed by atoms with E-state index in [9.17, 15) is 0 Å². The molecule has 0 N–H and O–H groups in total. The third kappa shape index (κ3) is 3.11. The molecule has 2 heteroatoms. The summed E-state index contributed by atoms with van der Waals surface area (Å²) in [5, 5.41) is 0. The van der Waals surface area contributed by atoms with Gasteiger partial charge in [-0.2, -0.15) is 0 Å². The normalized spacial score (nSPS) is 10.6. The Hall–Kier alpha value is -3.13. The van der Waals surface area contributed by atoms with E-state index >= 15 is 0 Å². The van der Waals surface area contributed by atoms with Gasteiger partial charge in [0.2, 0.25) is 0 Å². The molecule has 3 aromatic carbocycles. The zero-order valence-electron chi connectivity index (χ0n) is 13.8. The number of rotatable bonds is 3. The predicted octanol–water partition coefficient (Wildman–Crippen LogP) is 4.88. The molecule has 4 rings (SSSR count). The quantitative estimate of drug-likeness (QED) is 0.491. The maximum Gasteiger partial charge on any atom is 0.142 e. The largest absolute Gasteiger partial charge is 0.264 e. The Labute approximate surface area is 149 Å². The fraction of sp³-hybridized carbons (Fsp3) is 0. The van der Waals surface area contributed by atoms with E-state index < -0.39 is 0 Å². The van der Waals surface area contributed by atoms with Gasteiger partial charge in [-0.05, 0) is 28.4 Å². The summed E-state index contributed by atoms with van der Waals surface area (Å²) < 4.78 is 0. The highest BCUT2D eigenvalue weighted by Gasteiger charge is 2.13. The molecule has 116 valence electrons. The Morgan fingerprint density at radius 2 is 1.04 bits per heavy atom. The summed E-state index contributed by atoms with van der Waals surface area (Å²) in [6.07, 6.45) is 0. The molecule has 0 aliphatic heterocycles. The van der Waals surface area contributed by atoms with Crippen LogP contribution in [0.15, 0.2) is 97.1 Å². The minimum Gasteiger partial charge on any atom is -0.264 e. The zero-order chi connectivity index (χ0) is 17.1. The van der Waals surface area contributed by atoms with Crippen molar-refractivity contribution in [3.05, 3.63) is 97.1 Å². The van der Waals surface area contributed by atoms with E-state index in [-0.39, 0.29) is 0 Å². The van der Waals surface area contributed by atoms with E-state index in [0.717, 1.165) is 33.5 Å². The van der Waals surface area contributed by atoms with Crippen molar-refractivity contribution in [2.75, 3.05) is 0 Å². The molecule has 0 saturated carbocycles. The van der Waals surface area contributed by atoms with E-state index in [1.807, 2.05) is 54.6 Å². The van der Waals surface area contributed by atoms with Crippen LogP contribution in [-0.2, 0) is 0 Å². The molecule has 0 aliphatic carbocycles. The molecule has 1 heterocycles. The molecular weight excluding hydrogens is 301 g/mol. The molecule has 0 unspecified atom stereocenters. The first kappa shape index (κ1) is 15.4. The minimum atomic E-state index is 0.548. The molecule has 1 nitrogen and oxygen atoms in total. The van der Waals surface area contributed by atoms with Gasteiger partial charge in [0.05, 0.1) is 5.69 Å². The van der Waals surface area contributed by atoms with Gasteiger partial charge in [-0.3, -0.25) is 4.98 Å². The fourth-order valence-electron chi connectivity index (χ4n) is 3.08. The van der Waals surface area contributed by atoms with E-state index in [2.05, 4.69) is 47.4 Å². The molecule has 0 spiro atoms. The molecule has 2 radical (unpaired) electrons. The Kier molecular flexibility index (Phi) is 4.18. The van der Waals surface area contributed by atoms with Gasteiger partial charge in [0.25, 0.3) is 0 Å². The first-order valence-electron chi connectivity index (χ1n) is 8.30. The Morgan fingerprint density at radius 3 is 1.60 bits per heavy atom. The number of nitrogens with zero attached hydrogens (tertiary/aromatic N) is 1. The Morgan fingerprint density at radius 1 is 0.560 bits per heavy atom. The van der Waals surface area contributed by atoms with Crippen LogP contribution in [0, 0.1) is 0 Å². The molecule has 0 saturated heterocycles. The van der Waals surface area contributed by atoms with Crippen molar-refractivity contribution in [3.63, 3.8) is 0 Å². The second-order valence-electron chi connectivity index (χ2n) is 5.91. The number of hydrogen-bond donors (Lipinski definition) is 0. The van der Waals surface area contributed by atoms with Gasteiger partial charge in [0.1, 0.15) is 7.85 Å². The van der Waals surface area contributed by atoms with Crippen LogP contribution in [-0.4, -0.2) is 12.8 Å². The molecule has 25 heavy (non-hydrogen) atoms. The summed E-state index contributed by atoms with van der Waals surface area (Å²) in [5.41, 5.74) is 6.78. The van der Waals surface area contributed by atoms with Gasteiger partial charge >= 0.3 is 0 Å². The molecule has 0 aliphatic rings. The van der Waals surface area contributed by atoms with E-state index in [1.54, 1.807) is 0 Å². The van der Waals surface area contributed by atoms with Gasteiger partial charge in [0.15, 0.2) is 0 Å². The lowest BCUT2D eigenvalue weighted by Gasteiger charge is -2.16. The van der Waals surface area contributed by atoms with Crippen LogP contribution < -0.4 is 5.59 Å². The average Bonchev–Trinajstić information content (AvgIpc) is 2.69. The monoisotopic (exact) mass is 317 g/mol. The molecule has 0 fully saturated rings. The van der Waals surface area contributed by atoms with Crippen LogP contribution in [0.1, 0.15) is 0 Å². The maximum absolute atomic E-state index is 6.42. The van der Waals surface area contributed by atoms with Crippen LogP contribution in [0.4, 0.5) is 0 Å². The minimum absolute atomic E-state index is 0.548. The van der Waals surface area contributed by atoms with Crippen molar-refractivity contribution in [2.45, 2.75) is 0 Å². The first-order valence-corrected chi connectivity index (χ1v) is 8.30. The summed E-state index contributed by atoms with van der Waals surface area (Å²) in [6, 6.07) is 32.8. The molecule has 4 aromatic rings. The first-order chi connectivity index (χ1) is 12.3. The average molecular weight is 317 g/mol. The summed E-state index contributed by atoms with van der Waals surface area (Å²) in [4.78, 5) is 4.68. The van der Waals surface area contributed by atoms with Crippen molar-refractivity contribution in [2.24, 2.45) is 0 Å². The highest BCUT2D eigenvalue weighted by atomic mass is 14.7. The highest BCUT2D eigenvalue weighted by Crippen LogP contribution is 2.32. The summed E-state index contributed by atoms with van der Waals surface area (Å²) >= 11 is 0. The van der Waals surface area contributed by atoms with Crippen LogP contribution in [0.5, 0.6) is 0 Å². The molecule has 0 amide bonds. The van der Waals surface area contributed by atoms with E-state index in [4.69, 9.17) is 7.85 Å². The van der Waals surface area contributed by atoms with E-state index in [1.165, 1.54) is 0 Å². The third-order valence-electron chi connectivity index (χ3n) is 4.26. The topological polar surface area (TPSA) is 12.9 Å². The molecule has 0 bridgehead atoms. The second-order valence-corrected chi connectivity index (χ2v) is 5.91. The van der Waals surface area contributed by atoms with Crippen LogP contribution >= 0.6 is 0 Å². The lowest BCUT2D eigenvalue weighted by Crippen LogP contribution is -2.14. The Bertz CT molecular complexity index is 980. The number of hydrogen-bond acceptors (Lipinski definition) is 1. The number of aromatic nitrogens is 1. The van der Waals surface area contributed by atoms with Gasteiger partial charge in [-0.1, -0.05) is 91.0 Å². The van der Waals surface area contributed by atoms with E-state index in [0.29, 0.717) is 5.59 Å². The molecule has 0 atom stereocenters. The summed E-state index contributed by atoms with van der Waals surface area (Å²) in [7, 11) is 6.42. The standard InChI is InChI=1S/C23H16BN/c24-23-22(19-14-8-3-9-15-19)20(17-10-4-1-5-11-17)16-21(25-23)18-12-6-2-7-13-18/h1-16H. The van der Waals surface area contributed by atoms with Gasteiger partial charge < -0.3 is 0 Å². The lowest BCUT2D eigenvalue weighted by atomic mass is 9.85. The SMILES string of the molecule is [B]c1nc(-c2ccccc2)cc(-c2ccccc2)c1-c1ccccc1. The molecule has 1 aromatic heterocycles. The third-order valence-corrected chi connectivity index (χ3v) is 4.26. The summed E-state index contributed by atoms with van der Waals surface area (Å²) in [6.45, 7) is 0. The fourth-order valence-corrected chi connectivity index (χ4v) is 3.08. The Balaban J connectivity index is 1.99. The van der Waals surface area contributed by atoms with Crippen molar-refractivity contribution in [1.82, 2.24) is 4.98 Å². The van der Waals surface area contributed by atoms with Crippen molar-refractivity contribution in [1.29, 1.82) is 0 Å². The number of pyridine rings is 1. The van der Waals surface area contributed by atoms with Gasteiger partial charge in [-0.25, -0.2) is 0 Å². The van der Waals surface area contributed by atoms with Gasteiger partial charge in [0, 0.05) is 11.1 Å². The summed E-state index contributed by atoms with van der Waals surface area (Å²) in [5.74, 6) is 0. The van der Waals surface area contributed by atoms with Crippen LogP contribution in [0.2, 0.25) is 0 Å². The lowest BCUT2D eigenvalue weighted by molar-refractivity contribution is 1.37. The maximum atomic E-state index is 6.42. The zero-order valence-corrected chi connectivity index (χ0v) is 13.8. The second kappa shape index (κ2) is 6.78. The van der Waals surface area contributed by atoms with Crippen molar-refractivity contribution >= 4 is 13.4 Å². The molecular formula is C23H16BN. The van der Waals surface area contributed by atoms with Crippen molar-refractivity contribution < 1.29 is 0 Å². The predicted molar refractivity (Wildman–Crippen MR) is 106 cm³/mol. The van der Waals surface area contributed by atoms with Crippen molar-refractivity contribution in [3.8, 4) is 33.5 Å².